The lowest BCUT2D eigenvalue weighted by Gasteiger charge is -2.16. The fraction of sp³-hybridized carbons (Fsp3) is 0.222. The highest BCUT2D eigenvalue weighted by Crippen LogP contribution is 2.25. The van der Waals surface area contributed by atoms with Gasteiger partial charge in [-0.2, -0.15) is 0 Å². The molecule has 3 aromatic rings. The first-order chi connectivity index (χ1) is 12.9. The van der Waals surface area contributed by atoms with E-state index in [4.69, 9.17) is 4.42 Å². The molecule has 1 fully saturated rings. The Morgan fingerprint density at radius 3 is 2.70 bits per heavy atom. The summed E-state index contributed by atoms with van der Waals surface area (Å²) in [5, 5.41) is 0. The van der Waals surface area contributed by atoms with Gasteiger partial charge in [0, 0.05) is 31.3 Å². The molecule has 140 valence electrons. The molecule has 27 heavy (non-hydrogen) atoms. The molecule has 0 bridgehead atoms. The molecule has 1 aliphatic heterocycles. The largest absolute Gasteiger partial charge is 0.417 e. The highest BCUT2D eigenvalue weighted by molar-refractivity contribution is 7.89. The van der Waals surface area contributed by atoms with E-state index in [0.29, 0.717) is 12.1 Å². The third kappa shape index (κ3) is 3.51. The van der Waals surface area contributed by atoms with Crippen molar-refractivity contribution >= 4 is 32.7 Å². The molecule has 4 rings (SSSR count). The molecule has 2 aromatic carbocycles. The van der Waals surface area contributed by atoms with E-state index in [1.165, 1.54) is 18.2 Å². The first-order valence-corrected chi connectivity index (χ1v) is 9.89. The van der Waals surface area contributed by atoms with Crippen molar-refractivity contribution in [2.24, 2.45) is 5.92 Å². The SMILES string of the molecule is O=C1CC(CNS(=O)(=O)c2ccc3[nH]c(=O)oc3c2)CN1c1ccccc1. The average molecular weight is 387 g/mol. The van der Waals surface area contributed by atoms with Gasteiger partial charge in [0.05, 0.1) is 10.4 Å². The summed E-state index contributed by atoms with van der Waals surface area (Å²) in [6.45, 7) is 0.601. The zero-order chi connectivity index (χ0) is 19.0. The number of nitrogens with zero attached hydrogens (tertiary/aromatic N) is 1. The maximum atomic E-state index is 12.5. The van der Waals surface area contributed by atoms with Crippen LogP contribution in [-0.4, -0.2) is 32.4 Å². The molecule has 1 aliphatic rings. The summed E-state index contributed by atoms with van der Waals surface area (Å²) in [7, 11) is -3.79. The number of aromatic amines is 1. The number of fused-ring (bicyclic) bond motifs is 1. The van der Waals surface area contributed by atoms with E-state index in [0.717, 1.165) is 5.69 Å². The maximum absolute atomic E-state index is 12.5. The summed E-state index contributed by atoms with van der Waals surface area (Å²) < 4.78 is 32.5. The topological polar surface area (TPSA) is 112 Å². The summed E-state index contributed by atoms with van der Waals surface area (Å²) in [5.74, 6) is -0.791. The summed E-state index contributed by atoms with van der Waals surface area (Å²) in [4.78, 5) is 27.6. The van der Waals surface area contributed by atoms with Crippen LogP contribution in [0.15, 0.2) is 62.6 Å². The minimum atomic E-state index is -3.79. The van der Waals surface area contributed by atoms with E-state index in [2.05, 4.69) is 9.71 Å². The molecule has 1 saturated heterocycles. The molecule has 1 amide bonds. The van der Waals surface area contributed by atoms with E-state index in [1.807, 2.05) is 30.3 Å². The smallest absolute Gasteiger partial charge is 0.408 e. The lowest BCUT2D eigenvalue weighted by molar-refractivity contribution is -0.117. The number of amides is 1. The molecule has 0 spiro atoms. The van der Waals surface area contributed by atoms with Gasteiger partial charge in [0.25, 0.3) is 0 Å². The van der Waals surface area contributed by atoms with E-state index < -0.39 is 15.8 Å². The number of hydrogen-bond acceptors (Lipinski definition) is 5. The number of anilines is 1. The van der Waals surface area contributed by atoms with Gasteiger partial charge in [-0.3, -0.25) is 9.78 Å². The van der Waals surface area contributed by atoms with E-state index >= 15 is 0 Å². The van der Waals surface area contributed by atoms with Crippen LogP contribution in [0.2, 0.25) is 0 Å². The van der Waals surface area contributed by atoms with Gasteiger partial charge in [0.15, 0.2) is 5.58 Å². The molecule has 0 saturated carbocycles. The minimum absolute atomic E-state index is 0.00184. The van der Waals surface area contributed by atoms with Crippen molar-refractivity contribution in [2.75, 3.05) is 18.0 Å². The van der Waals surface area contributed by atoms with Gasteiger partial charge in [-0.05, 0) is 30.2 Å². The third-order valence-corrected chi connectivity index (χ3v) is 5.96. The number of aromatic nitrogens is 1. The Morgan fingerprint density at radius 2 is 1.93 bits per heavy atom. The molecule has 1 atom stereocenters. The van der Waals surface area contributed by atoms with Crippen LogP contribution >= 0.6 is 0 Å². The minimum Gasteiger partial charge on any atom is -0.408 e. The summed E-state index contributed by atoms with van der Waals surface area (Å²) in [6.07, 6.45) is 0.281. The number of rotatable bonds is 5. The predicted octanol–water partition coefficient (Wildman–Crippen LogP) is 1.45. The van der Waals surface area contributed by atoms with Gasteiger partial charge in [0.2, 0.25) is 15.9 Å². The second-order valence-electron chi connectivity index (χ2n) is 6.43. The quantitative estimate of drug-likeness (QED) is 0.688. The molecular formula is C18H17N3O5S. The fourth-order valence-electron chi connectivity index (χ4n) is 3.18. The van der Waals surface area contributed by atoms with Crippen molar-refractivity contribution in [3.63, 3.8) is 0 Å². The van der Waals surface area contributed by atoms with E-state index in [1.54, 1.807) is 4.90 Å². The second-order valence-corrected chi connectivity index (χ2v) is 8.20. The zero-order valence-corrected chi connectivity index (χ0v) is 15.0. The Morgan fingerprint density at radius 1 is 1.15 bits per heavy atom. The number of carbonyl (C=O) groups excluding carboxylic acids is 1. The van der Waals surface area contributed by atoms with Gasteiger partial charge in [-0.15, -0.1) is 0 Å². The number of benzene rings is 2. The standard InChI is InChI=1S/C18H17N3O5S/c22-17-8-12(11-21(17)13-4-2-1-3-5-13)10-19-27(24,25)14-6-7-15-16(9-14)26-18(23)20-15/h1-7,9,12,19H,8,10-11H2,(H,20,23). The molecule has 0 aliphatic carbocycles. The van der Waals surface area contributed by atoms with Crippen molar-refractivity contribution in [3.05, 3.63) is 59.1 Å². The van der Waals surface area contributed by atoms with Crippen LogP contribution in [0.25, 0.3) is 11.1 Å². The molecule has 8 nitrogen and oxygen atoms in total. The van der Waals surface area contributed by atoms with Gasteiger partial charge in [-0.1, -0.05) is 18.2 Å². The molecule has 9 heteroatoms. The first kappa shape index (κ1) is 17.5. The molecular weight excluding hydrogens is 370 g/mol. The summed E-state index contributed by atoms with van der Waals surface area (Å²) >= 11 is 0. The van der Waals surface area contributed by atoms with Gasteiger partial charge in [0.1, 0.15) is 0 Å². The third-order valence-electron chi connectivity index (χ3n) is 4.54. The monoisotopic (exact) mass is 387 g/mol. The Kier molecular flexibility index (Phi) is 4.33. The Balaban J connectivity index is 1.46. The molecule has 0 radical (unpaired) electrons. The van der Waals surface area contributed by atoms with E-state index in [-0.39, 0.29) is 35.3 Å². The molecule has 1 unspecified atom stereocenters. The number of para-hydroxylation sites is 1. The van der Waals surface area contributed by atoms with Crippen LogP contribution in [0.4, 0.5) is 5.69 Å². The second kappa shape index (κ2) is 6.67. The number of carbonyl (C=O) groups is 1. The summed E-state index contributed by atoms with van der Waals surface area (Å²) in [6, 6.07) is 13.5. The highest BCUT2D eigenvalue weighted by Gasteiger charge is 2.31. The Labute approximate surface area is 154 Å². The normalized spacial score (nSPS) is 17.7. The van der Waals surface area contributed by atoms with Crippen molar-refractivity contribution in [1.29, 1.82) is 0 Å². The van der Waals surface area contributed by atoms with Crippen molar-refractivity contribution in [1.82, 2.24) is 9.71 Å². The van der Waals surface area contributed by atoms with Gasteiger partial charge < -0.3 is 9.32 Å². The van der Waals surface area contributed by atoms with Crippen molar-refractivity contribution < 1.29 is 17.6 Å². The number of nitrogens with one attached hydrogen (secondary N) is 2. The number of sulfonamides is 1. The molecule has 2 N–H and O–H groups in total. The Bertz CT molecular complexity index is 1150. The molecule has 2 heterocycles. The fourth-order valence-corrected chi connectivity index (χ4v) is 4.31. The molecule has 1 aromatic heterocycles. The van der Waals surface area contributed by atoms with E-state index in [9.17, 15) is 18.0 Å². The van der Waals surface area contributed by atoms with Crippen molar-refractivity contribution in [2.45, 2.75) is 11.3 Å². The predicted molar refractivity (Wildman–Crippen MR) is 98.9 cm³/mol. The average Bonchev–Trinajstić information content (AvgIpc) is 3.21. The number of H-pyrrole nitrogens is 1. The lowest BCUT2D eigenvalue weighted by Crippen LogP contribution is -2.31. The number of hydrogen-bond donors (Lipinski definition) is 2. The van der Waals surface area contributed by atoms with Crippen LogP contribution in [0.1, 0.15) is 6.42 Å². The van der Waals surface area contributed by atoms with Crippen LogP contribution in [0.5, 0.6) is 0 Å². The maximum Gasteiger partial charge on any atom is 0.417 e. The summed E-state index contributed by atoms with van der Waals surface area (Å²) in [5.41, 5.74) is 1.41. The van der Waals surface area contributed by atoms with Gasteiger partial charge >= 0.3 is 5.76 Å². The zero-order valence-electron chi connectivity index (χ0n) is 14.2. The van der Waals surface area contributed by atoms with Crippen LogP contribution in [0, 0.1) is 5.92 Å². The number of oxazole rings is 1. The first-order valence-electron chi connectivity index (χ1n) is 8.40. The van der Waals surface area contributed by atoms with Crippen LogP contribution in [-0.2, 0) is 14.8 Å². The van der Waals surface area contributed by atoms with Crippen LogP contribution < -0.4 is 15.4 Å². The van der Waals surface area contributed by atoms with Crippen LogP contribution in [0.3, 0.4) is 0 Å². The van der Waals surface area contributed by atoms with Gasteiger partial charge in [-0.25, -0.2) is 17.9 Å². The Hall–Kier alpha value is -2.91. The highest BCUT2D eigenvalue weighted by atomic mass is 32.2. The lowest BCUT2D eigenvalue weighted by atomic mass is 10.1. The van der Waals surface area contributed by atoms with Crippen molar-refractivity contribution in [3.8, 4) is 0 Å².